The summed E-state index contributed by atoms with van der Waals surface area (Å²) in [6.45, 7) is 4.00. The van der Waals surface area contributed by atoms with Gasteiger partial charge in [0.1, 0.15) is 0 Å². The molecule has 0 aromatic rings. The summed E-state index contributed by atoms with van der Waals surface area (Å²) in [7, 11) is 0. The van der Waals surface area contributed by atoms with Gasteiger partial charge in [-0.2, -0.15) is 0 Å². The summed E-state index contributed by atoms with van der Waals surface area (Å²) in [4.78, 5) is 35.7. The third kappa shape index (κ3) is 881. The third-order valence-corrected chi connectivity index (χ3v) is 0. The molecule has 0 unspecified atom stereocenters. The molecule has 0 aliphatic carbocycles. The zero-order valence-corrected chi connectivity index (χ0v) is 11.0. The molecule has 0 amide bonds. The molecule has 96 valence electrons. The Labute approximate surface area is 109 Å². The maximum atomic E-state index is 9.00. The minimum atomic E-state index is -1.08. The van der Waals surface area contributed by atoms with Crippen LogP contribution < -0.4 is 15.3 Å². The second kappa shape index (κ2) is 23.9. The van der Waals surface area contributed by atoms with Gasteiger partial charge in [-0.05, 0) is 20.8 Å². The van der Waals surface area contributed by atoms with E-state index >= 15 is 0 Å². The van der Waals surface area contributed by atoms with E-state index in [1.54, 1.807) is 0 Å². The fourth-order valence-corrected chi connectivity index (χ4v) is 0. The van der Waals surface area contributed by atoms with E-state index in [0.717, 1.165) is 27.7 Å². The maximum Gasteiger partial charge on any atom is 3.00 e. The van der Waals surface area contributed by atoms with Crippen LogP contribution in [0.2, 0.25) is 0 Å². The topological polar surface area (TPSA) is 158 Å². The van der Waals surface area contributed by atoms with E-state index in [9.17, 15) is 0 Å². The Morgan fingerprint density at radius 2 is 0.706 bits per heavy atom. The van der Waals surface area contributed by atoms with Crippen LogP contribution >= 0.6 is 0 Å². The van der Waals surface area contributed by atoms with Gasteiger partial charge >= 0.3 is 17.4 Å². The molecule has 0 spiro atoms. The number of carbonyl (C=O) groups is 4. The van der Waals surface area contributed by atoms with Gasteiger partial charge in [-0.1, -0.05) is 0 Å². The summed E-state index contributed by atoms with van der Waals surface area (Å²) >= 11 is 0. The molecule has 0 aromatic heterocycles. The van der Waals surface area contributed by atoms with Crippen LogP contribution in [0.3, 0.4) is 0 Å². The molecular formula is C8H13AlO8. The molecule has 17 heavy (non-hydrogen) atoms. The summed E-state index contributed by atoms with van der Waals surface area (Å²) in [6, 6.07) is 0. The number of carboxylic acids is 4. The van der Waals surface area contributed by atoms with Gasteiger partial charge in [-0.25, -0.2) is 0 Å². The van der Waals surface area contributed by atoms with E-state index in [1.807, 2.05) is 0 Å². The number of hydrogen-bond donors (Lipinski definition) is 1. The van der Waals surface area contributed by atoms with Gasteiger partial charge in [0, 0.05) is 24.8 Å². The largest absolute Gasteiger partial charge is 3.00 e. The first kappa shape index (κ1) is 29.5. The Kier molecular flexibility index (Phi) is 41.5. The zero-order valence-electron chi connectivity index (χ0n) is 9.88. The van der Waals surface area contributed by atoms with Crippen molar-refractivity contribution in [3.63, 3.8) is 0 Å². The predicted octanol–water partition coefficient (Wildman–Crippen LogP) is -4.02. The SMILES string of the molecule is CC(=O)O.CC(=O)[O-].CC(=O)[O-].CC(=O)[O-].[Al+3]. The van der Waals surface area contributed by atoms with Crippen LogP contribution in [0.5, 0.6) is 0 Å². The smallest absolute Gasteiger partial charge is 0.550 e. The van der Waals surface area contributed by atoms with Crippen molar-refractivity contribution in [2.45, 2.75) is 27.7 Å². The first-order valence-corrected chi connectivity index (χ1v) is 3.65. The van der Waals surface area contributed by atoms with Gasteiger partial charge < -0.3 is 34.8 Å². The molecule has 0 radical (unpaired) electrons. The van der Waals surface area contributed by atoms with Gasteiger partial charge in [0.25, 0.3) is 5.97 Å². The van der Waals surface area contributed by atoms with Gasteiger partial charge in [-0.3, -0.25) is 4.79 Å². The first-order valence-electron chi connectivity index (χ1n) is 3.65. The normalized spacial score (nSPS) is 5.88. The minimum absolute atomic E-state index is 0. The third-order valence-electron chi connectivity index (χ3n) is 0. The van der Waals surface area contributed by atoms with Crippen molar-refractivity contribution in [3.8, 4) is 0 Å². The van der Waals surface area contributed by atoms with Crippen molar-refractivity contribution < 1.29 is 39.6 Å². The molecule has 1 N–H and O–H groups in total. The first-order chi connectivity index (χ1) is 6.93. The Bertz CT molecular complexity index is 162. The quantitative estimate of drug-likeness (QED) is 0.433. The van der Waals surface area contributed by atoms with E-state index in [4.69, 9.17) is 39.6 Å². The Morgan fingerprint density at radius 3 is 0.706 bits per heavy atom. The van der Waals surface area contributed by atoms with Crippen molar-refractivity contribution in [2.24, 2.45) is 0 Å². The molecule has 0 saturated carbocycles. The molecule has 0 fully saturated rings. The van der Waals surface area contributed by atoms with Crippen LogP contribution in [0, 0.1) is 0 Å². The average Bonchev–Trinajstić information content (AvgIpc) is 1.76. The van der Waals surface area contributed by atoms with Gasteiger partial charge in [0.05, 0.1) is 0 Å². The van der Waals surface area contributed by atoms with Crippen molar-refractivity contribution in [3.05, 3.63) is 0 Å². The van der Waals surface area contributed by atoms with Crippen LogP contribution in [0.4, 0.5) is 0 Å². The van der Waals surface area contributed by atoms with Crippen molar-refractivity contribution in [1.29, 1.82) is 0 Å². The van der Waals surface area contributed by atoms with Crippen LogP contribution in [0.15, 0.2) is 0 Å². The van der Waals surface area contributed by atoms with Crippen LogP contribution in [0.1, 0.15) is 27.7 Å². The molecule has 0 saturated heterocycles. The maximum absolute atomic E-state index is 9.00. The van der Waals surface area contributed by atoms with Gasteiger partial charge in [0.15, 0.2) is 0 Å². The van der Waals surface area contributed by atoms with E-state index in [-0.39, 0.29) is 17.4 Å². The fraction of sp³-hybridized carbons (Fsp3) is 0.500. The predicted molar refractivity (Wildman–Crippen MR) is 51.1 cm³/mol. The Hall–Kier alpha value is -1.59. The number of carbonyl (C=O) groups excluding carboxylic acids is 3. The van der Waals surface area contributed by atoms with Crippen LogP contribution in [-0.4, -0.2) is 46.3 Å². The number of hydrogen-bond acceptors (Lipinski definition) is 7. The van der Waals surface area contributed by atoms with Crippen LogP contribution in [-0.2, 0) is 19.2 Å². The van der Waals surface area contributed by atoms with E-state index in [1.165, 1.54) is 0 Å². The van der Waals surface area contributed by atoms with Crippen molar-refractivity contribution in [1.82, 2.24) is 0 Å². The second-order valence-corrected chi connectivity index (χ2v) is 1.99. The summed E-state index contributed by atoms with van der Waals surface area (Å²) in [5.74, 6) is -4.08. The second-order valence-electron chi connectivity index (χ2n) is 1.99. The van der Waals surface area contributed by atoms with Gasteiger partial charge in [0.2, 0.25) is 0 Å². The summed E-state index contributed by atoms with van der Waals surface area (Å²) < 4.78 is 0. The zero-order chi connectivity index (χ0) is 14.3. The number of carboxylic acid groups (broad SMARTS) is 4. The van der Waals surface area contributed by atoms with Crippen molar-refractivity contribution >= 4 is 41.2 Å². The molecule has 0 aliphatic rings. The Balaban J connectivity index is -0.0000000369. The summed E-state index contributed by atoms with van der Waals surface area (Å²) in [5.41, 5.74) is 0. The monoisotopic (exact) mass is 264 g/mol. The minimum Gasteiger partial charge on any atom is -0.550 e. The summed E-state index contributed by atoms with van der Waals surface area (Å²) in [5, 5.41) is 34.1. The summed E-state index contributed by atoms with van der Waals surface area (Å²) in [6.07, 6.45) is 0. The molecule has 9 heteroatoms. The molecule has 0 heterocycles. The van der Waals surface area contributed by atoms with Crippen molar-refractivity contribution in [2.75, 3.05) is 0 Å². The van der Waals surface area contributed by atoms with E-state index < -0.39 is 23.9 Å². The standard InChI is InChI=1S/4C2H4O2.Al/c4*1-2(3)4;/h4*1H3,(H,3,4);/q;;;;+3/p-3. The Morgan fingerprint density at radius 1 is 0.706 bits per heavy atom. The van der Waals surface area contributed by atoms with E-state index in [0.29, 0.717) is 0 Å². The van der Waals surface area contributed by atoms with Crippen LogP contribution in [0.25, 0.3) is 0 Å². The molecule has 0 aromatic carbocycles. The molecule has 0 rings (SSSR count). The number of rotatable bonds is 0. The number of aliphatic carboxylic acids is 4. The molecule has 0 bridgehead atoms. The van der Waals surface area contributed by atoms with Gasteiger partial charge in [-0.15, -0.1) is 0 Å². The van der Waals surface area contributed by atoms with E-state index in [2.05, 4.69) is 0 Å². The molecule has 0 aliphatic heterocycles. The molecular weight excluding hydrogens is 251 g/mol. The average molecular weight is 264 g/mol. The molecule has 0 atom stereocenters. The fourth-order valence-electron chi connectivity index (χ4n) is 0. The molecule has 8 nitrogen and oxygen atoms in total.